The van der Waals surface area contributed by atoms with Crippen molar-refractivity contribution in [2.45, 2.75) is 0 Å². The van der Waals surface area contributed by atoms with E-state index in [0.717, 1.165) is 15.7 Å². The smallest absolute Gasteiger partial charge is 0.257 e. The number of benzene rings is 1. The minimum Gasteiger partial charge on any atom is -0.343 e. The molecule has 0 saturated heterocycles. The van der Waals surface area contributed by atoms with E-state index < -0.39 is 0 Å². The molecule has 0 radical (unpaired) electrons. The number of pyridine rings is 1. The molecule has 94 valence electrons. The van der Waals surface area contributed by atoms with Crippen LogP contribution in [-0.4, -0.2) is 20.9 Å². The molecule has 6 heteroatoms. The van der Waals surface area contributed by atoms with E-state index in [1.165, 1.54) is 6.20 Å². The van der Waals surface area contributed by atoms with Gasteiger partial charge >= 0.3 is 0 Å². The van der Waals surface area contributed by atoms with Crippen molar-refractivity contribution in [2.24, 2.45) is 0 Å². The van der Waals surface area contributed by atoms with Crippen LogP contribution in [0.3, 0.4) is 0 Å². The number of rotatable bonds is 2. The molecule has 3 rings (SSSR count). The van der Waals surface area contributed by atoms with E-state index in [4.69, 9.17) is 0 Å². The number of fused-ring (bicyclic) bond motifs is 1. The van der Waals surface area contributed by atoms with Crippen LogP contribution in [-0.2, 0) is 0 Å². The topological polar surface area (TPSA) is 70.7 Å². The van der Waals surface area contributed by atoms with Crippen molar-refractivity contribution in [3.05, 3.63) is 52.9 Å². The van der Waals surface area contributed by atoms with Gasteiger partial charge in [0, 0.05) is 10.7 Å². The minimum absolute atomic E-state index is 0.212. The van der Waals surface area contributed by atoms with E-state index in [0.29, 0.717) is 11.2 Å². The predicted octanol–water partition coefficient (Wildman–Crippen LogP) is 2.97. The molecular weight excluding hydrogens is 308 g/mol. The summed E-state index contributed by atoms with van der Waals surface area (Å²) in [6.07, 6.45) is 3.06. The van der Waals surface area contributed by atoms with E-state index in [-0.39, 0.29) is 5.91 Å². The maximum Gasteiger partial charge on any atom is 0.257 e. The summed E-state index contributed by atoms with van der Waals surface area (Å²) in [6.45, 7) is 0. The Balaban J connectivity index is 1.89. The quantitative estimate of drug-likeness (QED) is 0.763. The van der Waals surface area contributed by atoms with Crippen molar-refractivity contribution in [1.29, 1.82) is 0 Å². The van der Waals surface area contributed by atoms with Crippen molar-refractivity contribution in [3.63, 3.8) is 0 Å². The molecule has 0 aliphatic carbocycles. The summed E-state index contributed by atoms with van der Waals surface area (Å²) >= 11 is 3.38. The first kappa shape index (κ1) is 11.9. The molecule has 0 unspecified atom stereocenters. The summed E-state index contributed by atoms with van der Waals surface area (Å²) in [6, 6.07) is 9.16. The number of aromatic amines is 1. The lowest BCUT2D eigenvalue weighted by Gasteiger charge is -2.06. The van der Waals surface area contributed by atoms with Crippen LogP contribution in [0.15, 0.2) is 47.3 Å². The van der Waals surface area contributed by atoms with Crippen LogP contribution in [0.2, 0.25) is 0 Å². The Morgan fingerprint density at radius 1 is 1.26 bits per heavy atom. The van der Waals surface area contributed by atoms with E-state index >= 15 is 0 Å². The van der Waals surface area contributed by atoms with Gasteiger partial charge in [-0.15, -0.1) is 0 Å². The fraction of sp³-hybridized carbons (Fsp3) is 0. The van der Waals surface area contributed by atoms with Gasteiger partial charge in [0.1, 0.15) is 0 Å². The Bertz CT molecular complexity index is 753. The number of H-pyrrole nitrogens is 1. The number of anilines is 1. The molecule has 0 aliphatic rings. The zero-order valence-corrected chi connectivity index (χ0v) is 11.3. The summed E-state index contributed by atoms with van der Waals surface area (Å²) in [4.78, 5) is 23.2. The SMILES string of the molecule is O=C(Nc1ccccc1Br)c1cnc2nc[nH]c2c1. The molecule has 5 nitrogen and oxygen atoms in total. The molecule has 0 atom stereocenters. The number of imidazole rings is 1. The summed E-state index contributed by atoms with van der Waals surface area (Å²) in [5.41, 5.74) is 2.53. The van der Waals surface area contributed by atoms with Crippen LogP contribution in [0.4, 0.5) is 5.69 Å². The number of aromatic nitrogens is 3. The predicted molar refractivity (Wildman–Crippen MR) is 76.0 cm³/mol. The van der Waals surface area contributed by atoms with Gasteiger partial charge in [-0.05, 0) is 34.1 Å². The highest BCUT2D eigenvalue weighted by Gasteiger charge is 2.10. The second kappa shape index (κ2) is 4.81. The van der Waals surface area contributed by atoms with Crippen molar-refractivity contribution < 1.29 is 4.79 Å². The number of nitrogens with zero attached hydrogens (tertiary/aromatic N) is 2. The second-order valence-electron chi connectivity index (χ2n) is 3.93. The van der Waals surface area contributed by atoms with Crippen LogP contribution < -0.4 is 5.32 Å². The van der Waals surface area contributed by atoms with Gasteiger partial charge in [-0.25, -0.2) is 9.97 Å². The number of hydrogen-bond acceptors (Lipinski definition) is 3. The second-order valence-corrected chi connectivity index (χ2v) is 4.79. The largest absolute Gasteiger partial charge is 0.343 e. The summed E-state index contributed by atoms with van der Waals surface area (Å²) in [5, 5.41) is 2.82. The van der Waals surface area contributed by atoms with Crippen LogP contribution in [0.25, 0.3) is 11.2 Å². The third kappa shape index (κ3) is 2.34. The van der Waals surface area contributed by atoms with Gasteiger partial charge in [-0.3, -0.25) is 4.79 Å². The number of hydrogen-bond donors (Lipinski definition) is 2. The zero-order valence-electron chi connectivity index (χ0n) is 9.72. The van der Waals surface area contributed by atoms with E-state index in [2.05, 4.69) is 36.2 Å². The molecule has 0 spiro atoms. The Morgan fingerprint density at radius 2 is 2.11 bits per heavy atom. The maximum atomic E-state index is 12.1. The van der Waals surface area contributed by atoms with Crippen LogP contribution >= 0.6 is 15.9 Å². The molecule has 2 heterocycles. The Morgan fingerprint density at radius 3 is 2.95 bits per heavy atom. The van der Waals surface area contributed by atoms with E-state index in [1.54, 1.807) is 12.4 Å². The zero-order chi connectivity index (χ0) is 13.2. The van der Waals surface area contributed by atoms with Gasteiger partial charge < -0.3 is 10.3 Å². The monoisotopic (exact) mass is 316 g/mol. The van der Waals surface area contributed by atoms with Gasteiger partial charge in [0.05, 0.1) is 23.1 Å². The average Bonchev–Trinajstić information content (AvgIpc) is 2.88. The Kier molecular flexibility index (Phi) is 3.00. The molecule has 0 saturated carbocycles. The molecule has 0 fully saturated rings. The van der Waals surface area contributed by atoms with Crippen LogP contribution in [0.1, 0.15) is 10.4 Å². The van der Waals surface area contributed by atoms with Crippen LogP contribution in [0, 0.1) is 0 Å². The third-order valence-electron chi connectivity index (χ3n) is 2.66. The van der Waals surface area contributed by atoms with E-state index in [9.17, 15) is 4.79 Å². The summed E-state index contributed by atoms with van der Waals surface area (Å²) < 4.78 is 0.832. The number of nitrogens with one attached hydrogen (secondary N) is 2. The average molecular weight is 317 g/mol. The van der Waals surface area contributed by atoms with Gasteiger partial charge in [0.15, 0.2) is 5.65 Å². The molecule has 2 aromatic heterocycles. The fourth-order valence-corrected chi connectivity index (χ4v) is 2.09. The van der Waals surface area contributed by atoms with Crippen molar-refractivity contribution >= 4 is 38.7 Å². The van der Waals surface area contributed by atoms with Crippen molar-refractivity contribution in [3.8, 4) is 0 Å². The Labute approximate surface area is 117 Å². The summed E-state index contributed by atoms with van der Waals surface area (Å²) in [7, 11) is 0. The van der Waals surface area contributed by atoms with Gasteiger partial charge in [-0.2, -0.15) is 0 Å². The van der Waals surface area contributed by atoms with Gasteiger partial charge in [0.2, 0.25) is 0 Å². The molecular formula is C13H9BrN4O. The first-order chi connectivity index (χ1) is 9.24. The highest BCUT2D eigenvalue weighted by atomic mass is 79.9. The number of para-hydroxylation sites is 1. The van der Waals surface area contributed by atoms with Crippen LogP contribution in [0.5, 0.6) is 0 Å². The number of halogens is 1. The van der Waals surface area contributed by atoms with Gasteiger partial charge in [-0.1, -0.05) is 12.1 Å². The van der Waals surface area contributed by atoms with Crippen molar-refractivity contribution in [1.82, 2.24) is 15.0 Å². The molecule has 2 N–H and O–H groups in total. The first-order valence-corrected chi connectivity index (χ1v) is 6.38. The molecule has 3 aromatic rings. The molecule has 1 aromatic carbocycles. The highest BCUT2D eigenvalue weighted by Crippen LogP contribution is 2.22. The summed E-state index contributed by atoms with van der Waals surface area (Å²) in [5.74, 6) is -0.212. The molecule has 19 heavy (non-hydrogen) atoms. The minimum atomic E-state index is -0.212. The lowest BCUT2D eigenvalue weighted by molar-refractivity contribution is 0.102. The normalized spacial score (nSPS) is 10.6. The number of amides is 1. The molecule has 1 amide bonds. The lowest BCUT2D eigenvalue weighted by Crippen LogP contribution is -2.12. The number of carbonyl (C=O) groups is 1. The Hall–Kier alpha value is -2.21. The lowest BCUT2D eigenvalue weighted by atomic mass is 10.2. The van der Waals surface area contributed by atoms with E-state index in [1.807, 2.05) is 24.3 Å². The third-order valence-corrected chi connectivity index (χ3v) is 3.35. The van der Waals surface area contributed by atoms with Gasteiger partial charge in [0.25, 0.3) is 5.91 Å². The maximum absolute atomic E-state index is 12.1. The standard InChI is InChI=1S/C13H9BrN4O/c14-9-3-1-2-4-10(9)18-13(19)8-5-11-12(15-6-8)17-7-16-11/h1-7H,(H,18,19)(H,15,16,17). The first-order valence-electron chi connectivity index (χ1n) is 5.59. The highest BCUT2D eigenvalue weighted by molar-refractivity contribution is 9.10. The van der Waals surface area contributed by atoms with Crippen molar-refractivity contribution in [2.75, 3.05) is 5.32 Å². The number of carbonyl (C=O) groups excluding carboxylic acids is 1. The molecule has 0 bridgehead atoms. The molecule has 0 aliphatic heterocycles. The fourth-order valence-electron chi connectivity index (χ4n) is 1.71.